The average molecular weight is 352 g/mol. The van der Waals surface area contributed by atoms with Crippen LogP contribution in [0.3, 0.4) is 0 Å². The van der Waals surface area contributed by atoms with Crippen molar-refractivity contribution < 1.29 is 9.21 Å². The van der Waals surface area contributed by atoms with Crippen molar-refractivity contribution >= 4 is 33.8 Å². The van der Waals surface area contributed by atoms with Gasteiger partial charge in [-0.1, -0.05) is 25.5 Å². The molecule has 1 fully saturated rings. The predicted octanol–water partition coefficient (Wildman–Crippen LogP) is 3.51. The van der Waals surface area contributed by atoms with E-state index in [0.29, 0.717) is 12.1 Å². The summed E-state index contributed by atoms with van der Waals surface area (Å²) in [5, 5.41) is 4.06. The molecule has 26 heavy (non-hydrogen) atoms. The van der Waals surface area contributed by atoms with Gasteiger partial charge in [-0.25, -0.2) is 9.97 Å². The van der Waals surface area contributed by atoms with E-state index in [1.165, 1.54) is 0 Å². The van der Waals surface area contributed by atoms with Gasteiger partial charge in [-0.2, -0.15) is 0 Å². The molecule has 6 nitrogen and oxygen atoms in total. The van der Waals surface area contributed by atoms with Gasteiger partial charge in [0.15, 0.2) is 11.4 Å². The smallest absolute Gasteiger partial charge is 0.224 e. The van der Waals surface area contributed by atoms with Crippen molar-refractivity contribution in [3.63, 3.8) is 0 Å². The Kier molecular flexibility index (Phi) is 4.73. The summed E-state index contributed by atoms with van der Waals surface area (Å²) in [6.07, 6.45) is 5.58. The average Bonchev–Trinajstić information content (AvgIpc) is 3.07. The van der Waals surface area contributed by atoms with Gasteiger partial charge >= 0.3 is 0 Å². The summed E-state index contributed by atoms with van der Waals surface area (Å²) in [4.78, 5) is 23.5. The Morgan fingerprint density at radius 2 is 2.23 bits per heavy atom. The SMILES string of the molecule is CCCCNC(=O)[C@@H]1CCCN(c2ncnc3c2oc2ccccc23)C1. The Bertz CT molecular complexity index is 920. The lowest BCUT2D eigenvalue weighted by atomic mass is 9.97. The van der Waals surface area contributed by atoms with Crippen molar-refractivity contribution in [2.24, 2.45) is 5.92 Å². The molecule has 1 saturated heterocycles. The lowest BCUT2D eigenvalue weighted by Gasteiger charge is -2.32. The molecular formula is C20H24N4O2. The van der Waals surface area contributed by atoms with Gasteiger partial charge in [0, 0.05) is 25.0 Å². The molecule has 3 heterocycles. The number of nitrogens with zero attached hydrogens (tertiary/aromatic N) is 3. The van der Waals surface area contributed by atoms with E-state index in [4.69, 9.17) is 4.42 Å². The summed E-state index contributed by atoms with van der Waals surface area (Å²) >= 11 is 0. The molecule has 3 aromatic rings. The number of nitrogens with one attached hydrogen (secondary N) is 1. The van der Waals surface area contributed by atoms with E-state index in [1.807, 2.05) is 24.3 Å². The third-order valence-electron chi connectivity index (χ3n) is 5.06. The van der Waals surface area contributed by atoms with Gasteiger partial charge in [-0.15, -0.1) is 0 Å². The number of amides is 1. The molecule has 1 aromatic carbocycles. The minimum absolute atomic E-state index is 0.00463. The first kappa shape index (κ1) is 16.8. The number of furan rings is 1. The largest absolute Gasteiger partial charge is 0.450 e. The molecule has 0 aliphatic carbocycles. The highest BCUT2D eigenvalue weighted by Gasteiger charge is 2.28. The number of piperidine rings is 1. The molecule has 1 atom stereocenters. The van der Waals surface area contributed by atoms with Crippen LogP contribution >= 0.6 is 0 Å². The molecule has 4 rings (SSSR count). The number of aromatic nitrogens is 2. The van der Waals surface area contributed by atoms with Gasteiger partial charge in [0.2, 0.25) is 5.91 Å². The Hall–Kier alpha value is -2.63. The van der Waals surface area contributed by atoms with Crippen LogP contribution in [-0.4, -0.2) is 35.5 Å². The van der Waals surface area contributed by atoms with E-state index in [1.54, 1.807) is 6.33 Å². The number of benzene rings is 1. The third-order valence-corrected chi connectivity index (χ3v) is 5.06. The van der Waals surface area contributed by atoms with Crippen LogP contribution in [0.15, 0.2) is 35.0 Å². The number of hydrogen-bond donors (Lipinski definition) is 1. The maximum atomic E-state index is 12.5. The third kappa shape index (κ3) is 3.11. The Balaban J connectivity index is 1.60. The monoisotopic (exact) mass is 352 g/mol. The van der Waals surface area contributed by atoms with Gasteiger partial charge in [0.25, 0.3) is 0 Å². The first-order valence-corrected chi connectivity index (χ1v) is 9.43. The molecule has 0 saturated carbocycles. The summed E-state index contributed by atoms with van der Waals surface area (Å²) in [5.41, 5.74) is 2.36. The van der Waals surface area contributed by atoms with Crippen LogP contribution in [0.4, 0.5) is 5.82 Å². The highest BCUT2D eigenvalue weighted by molar-refractivity contribution is 6.05. The molecule has 6 heteroatoms. The van der Waals surface area contributed by atoms with Gasteiger partial charge in [0.1, 0.15) is 17.4 Å². The van der Waals surface area contributed by atoms with Crippen molar-refractivity contribution in [1.82, 2.24) is 15.3 Å². The van der Waals surface area contributed by atoms with Gasteiger partial charge in [-0.3, -0.25) is 4.79 Å². The molecule has 0 bridgehead atoms. The standard InChI is InChI=1S/C20H24N4O2/c1-2-3-10-21-20(25)14-7-6-11-24(12-14)19-18-17(22-13-23-19)15-8-4-5-9-16(15)26-18/h4-5,8-9,13-14H,2-3,6-7,10-12H2,1H3,(H,21,25)/t14-/m1/s1. The number of unbranched alkanes of at least 4 members (excludes halogenated alkanes) is 1. The summed E-state index contributed by atoms with van der Waals surface area (Å²) in [5.74, 6) is 0.935. The van der Waals surface area contributed by atoms with Gasteiger partial charge in [-0.05, 0) is 31.4 Å². The maximum absolute atomic E-state index is 12.5. The normalized spacial score (nSPS) is 17.7. The molecule has 0 spiro atoms. The van der Waals surface area contributed by atoms with Crippen molar-refractivity contribution in [1.29, 1.82) is 0 Å². The minimum Gasteiger partial charge on any atom is -0.450 e. The Labute approximate surface area is 152 Å². The van der Waals surface area contributed by atoms with E-state index in [2.05, 4.69) is 27.1 Å². The lowest BCUT2D eigenvalue weighted by molar-refractivity contribution is -0.125. The summed E-state index contributed by atoms with van der Waals surface area (Å²) in [7, 11) is 0. The number of fused-ring (bicyclic) bond motifs is 3. The second kappa shape index (κ2) is 7.32. The summed E-state index contributed by atoms with van der Waals surface area (Å²) in [6.45, 7) is 4.43. The zero-order valence-electron chi connectivity index (χ0n) is 15.1. The number of para-hydroxylation sites is 1. The van der Waals surface area contributed by atoms with Crippen LogP contribution in [0.1, 0.15) is 32.6 Å². The molecular weight excluding hydrogens is 328 g/mol. The van der Waals surface area contributed by atoms with Crippen molar-refractivity contribution in [2.45, 2.75) is 32.6 Å². The fourth-order valence-corrected chi connectivity index (χ4v) is 3.65. The van der Waals surface area contributed by atoms with Crippen molar-refractivity contribution in [3.05, 3.63) is 30.6 Å². The molecule has 0 unspecified atom stereocenters. The molecule has 1 aliphatic heterocycles. The second-order valence-corrected chi connectivity index (χ2v) is 6.90. The second-order valence-electron chi connectivity index (χ2n) is 6.90. The van der Waals surface area contributed by atoms with E-state index in [0.717, 1.165) is 61.1 Å². The Morgan fingerprint density at radius 3 is 3.12 bits per heavy atom. The van der Waals surface area contributed by atoms with Crippen molar-refractivity contribution in [2.75, 3.05) is 24.5 Å². The number of rotatable bonds is 5. The fraction of sp³-hybridized carbons (Fsp3) is 0.450. The van der Waals surface area contributed by atoms with Crippen LogP contribution in [0, 0.1) is 5.92 Å². The predicted molar refractivity (Wildman–Crippen MR) is 102 cm³/mol. The Morgan fingerprint density at radius 1 is 1.35 bits per heavy atom. The molecule has 0 radical (unpaired) electrons. The zero-order valence-corrected chi connectivity index (χ0v) is 15.1. The topological polar surface area (TPSA) is 71.3 Å². The molecule has 1 aliphatic rings. The van der Waals surface area contributed by atoms with E-state index in [-0.39, 0.29) is 11.8 Å². The van der Waals surface area contributed by atoms with Gasteiger partial charge in [0.05, 0.1) is 5.92 Å². The lowest BCUT2D eigenvalue weighted by Crippen LogP contribution is -2.43. The van der Waals surface area contributed by atoms with Gasteiger partial charge < -0.3 is 14.6 Å². The highest BCUT2D eigenvalue weighted by atomic mass is 16.3. The summed E-state index contributed by atoms with van der Waals surface area (Å²) in [6, 6.07) is 7.89. The van der Waals surface area contributed by atoms with Crippen LogP contribution in [0.25, 0.3) is 22.1 Å². The molecule has 136 valence electrons. The fourth-order valence-electron chi connectivity index (χ4n) is 3.65. The zero-order chi connectivity index (χ0) is 17.9. The van der Waals surface area contributed by atoms with Crippen LogP contribution < -0.4 is 10.2 Å². The van der Waals surface area contributed by atoms with Crippen LogP contribution in [0.5, 0.6) is 0 Å². The summed E-state index contributed by atoms with van der Waals surface area (Å²) < 4.78 is 6.04. The van der Waals surface area contributed by atoms with Crippen molar-refractivity contribution in [3.8, 4) is 0 Å². The molecule has 1 amide bonds. The number of anilines is 1. The quantitative estimate of drug-likeness (QED) is 0.712. The minimum atomic E-state index is -0.00463. The first-order chi connectivity index (χ1) is 12.8. The van der Waals surface area contributed by atoms with E-state index >= 15 is 0 Å². The maximum Gasteiger partial charge on any atom is 0.224 e. The van der Waals surface area contributed by atoms with E-state index < -0.39 is 0 Å². The molecule has 1 N–H and O–H groups in total. The molecule has 2 aromatic heterocycles. The first-order valence-electron chi connectivity index (χ1n) is 9.43. The van der Waals surface area contributed by atoms with E-state index in [9.17, 15) is 4.79 Å². The number of carbonyl (C=O) groups excluding carboxylic acids is 1. The number of hydrogen-bond acceptors (Lipinski definition) is 5. The number of carbonyl (C=O) groups is 1. The highest BCUT2D eigenvalue weighted by Crippen LogP contribution is 2.33. The van der Waals surface area contributed by atoms with Crippen LogP contribution in [-0.2, 0) is 4.79 Å². The van der Waals surface area contributed by atoms with Crippen LogP contribution in [0.2, 0.25) is 0 Å².